The summed E-state index contributed by atoms with van der Waals surface area (Å²) >= 11 is 0. The van der Waals surface area contributed by atoms with E-state index < -0.39 is 0 Å². The van der Waals surface area contributed by atoms with E-state index in [1.54, 1.807) is 21.3 Å². The fraction of sp³-hybridized carbons (Fsp3) is 0.458. The topological polar surface area (TPSA) is 73.3 Å². The molecule has 0 spiro atoms. The Labute approximate surface area is 184 Å². The highest BCUT2D eigenvalue weighted by atomic mass is 16.5. The quantitative estimate of drug-likeness (QED) is 0.513. The summed E-state index contributed by atoms with van der Waals surface area (Å²) in [7, 11) is 4.86. The molecule has 2 aromatic carbocycles. The molecule has 2 aromatic rings. The molecule has 2 N–H and O–H groups in total. The van der Waals surface area contributed by atoms with Crippen LogP contribution >= 0.6 is 0 Å². The van der Waals surface area contributed by atoms with Gasteiger partial charge in [-0.1, -0.05) is 18.2 Å². The second-order valence-electron chi connectivity index (χ2n) is 8.01. The second-order valence-corrected chi connectivity index (χ2v) is 8.01. The van der Waals surface area contributed by atoms with Crippen molar-refractivity contribution in [2.45, 2.75) is 45.4 Å². The molecular formula is C24H33N3O4. The Morgan fingerprint density at radius 1 is 1.06 bits per heavy atom. The highest BCUT2D eigenvalue weighted by Crippen LogP contribution is 2.39. The first-order valence-electron chi connectivity index (χ1n) is 10.5. The molecule has 1 aliphatic rings. The first-order valence-corrected chi connectivity index (χ1v) is 10.5. The summed E-state index contributed by atoms with van der Waals surface area (Å²) < 4.78 is 22.5. The predicted molar refractivity (Wildman–Crippen MR) is 123 cm³/mol. The molecule has 0 fully saturated rings. The van der Waals surface area contributed by atoms with E-state index in [9.17, 15) is 0 Å². The van der Waals surface area contributed by atoms with E-state index in [-0.39, 0.29) is 11.6 Å². The summed E-state index contributed by atoms with van der Waals surface area (Å²) in [6.45, 7) is 7.44. The summed E-state index contributed by atoms with van der Waals surface area (Å²) in [6, 6.07) is 12.0. The van der Waals surface area contributed by atoms with Crippen molar-refractivity contribution in [1.29, 1.82) is 0 Å². The normalized spacial score (nSPS) is 17.2. The number of benzene rings is 2. The van der Waals surface area contributed by atoms with Crippen LogP contribution in [0.5, 0.6) is 23.0 Å². The largest absolute Gasteiger partial charge is 0.496 e. The third-order valence-corrected chi connectivity index (χ3v) is 5.23. The molecule has 0 saturated heterocycles. The fourth-order valence-corrected chi connectivity index (χ4v) is 3.80. The zero-order valence-electron chi connectivity index (χ0n) is 19.2. The Morgan fingerprint density at radius 3 is 2.42 bits per heavy atom. The molecular weight excluding hydrogens is 394 g/mol. The summed E-state index contributed by atoms with van der Waals surface area (Å²) in [5.41, 5.74) is 1.77. The maximum Gasteiger partial charge on any atom is 0.192 e. The lowest BCUT2D eigenvalue weighted by atomic mass is 9.90. The number of methoxy groups -OCH3 is 3. The van der Waals surface area contributed by atoms with Crippen molar-refractivity contribution < 1.29 is 18.9 Å². The minimum atomic E-state index is -0.268. The number of fused-ring (bicyclic) bond motifs is 1. The van der Waals surface area contributed by atoms with Gasteiger partial charge in [0.05, 0.1) is 33.9 Å². The van der Waals surface area contributed by atoms with Gasteiger partial charge in [0.1, 0.15) is 17.1 Å². The predicted octanol–water partition coefficient (Wildman–Crippen LogP) is 4.07. The zero-order chi connectivity index (χ0) is 22.4. The van der Waals surface area contributed by atoms with Gasteiger partial charge in [0, 0.05) is 30.2 Å². The molecule has 3 rings (SSSR count). The lowest BCUT2D eigenvalue weighted by Crippen LogP contribution is -2.45. The number of hydrogen-bond donors (Lipinski definition) is 2. The smallest absolute Gasteiger partial charge is 0.192 e. The third kappa shape index (κ3) is 5.34. The number of nitrogens with one attached hydrogen (secondary N) is 2. The standard InChI is InChI=1S/C24H33N3O4/c1-7-25-23(26-15-16-12-21(29-5)22(30-6)13-20(16)28-4)27-18-14-24(2,3)31-19-11-9-8-10-17(18)19/h8-13,18H,7,14-15H2,1-6H3,(H2,25,26,27). The van der Waals surface area contributed by atoms with Crippen LogP contribution in [0.1, 0.15) is 44.4 Å². The molecule has 0 bridgehead atoms. The lowest BCUT2D eigenvalue weighted by molar-refractivity contribution is 0.0694. The monoisotopic (exact) mass is 427 g/mol. The van der Waals surface area contributed by atoms with Crippen molar-refractivity contribution in [3.8, 4) is 23.0 Å². The zero-order valence-corrected chi connectivity index (χ0v) is 19.2. The van der Waals surface area contributed by atoms with E-state index in [1.165, 1.54) is 0 Å². The van der Waals surface area contributed by atoms with Gasteiger partial charge in [-0.05, 0) is 32.9 Å². The van der Waals surface area contributed by atoms with Crippen molar-refractivity contribution >= 4 is 5.96 Å². The highest BCUT2D eigenvalue weighted by Gasteiger charge is 2.34. The number of guanidine groups is 1. The minimum Gasteiger partial charge on any atom is -0.496 e. The first kappa shape index (κ1) is 22.6. The van der Waals surface area contributed by atoms with Gasteiger partial charge in [-0.15, -0.1) is 0 Å². The molecule has 1 atom stereocenters. The molecule has 1 unspecified atom stereocenters. The van der Waals surface area contributed by atoms with Gasteiger partial charge in [-0.2, -0.15) is 0 Å². The van der Waals surface area contributed by atoms with Gasteiger partial charge >= 0.3 is 0 Å². The molecule has 0 aromatic heterocycles. The van der Waals surface area contributed by atoms with Crippen LogP contribution < -0.4 is 29.6 Å². The average Bonchev–Trinajstić information content (AvgIpc) is 2.76. The summed E-state index contributed by atoms with van der Waals surface area (Å²) in [6.07, 6.45) is 0.827. The SMILES string of the molecule is CCNC(=NCc1cc(OC)c(OC)cc1OC)NC1CC(C)(C)Oc2ccccc21. The van der Waals surface area contributed by atoms with E-state index >= 15 is 0 Å². The number of aliphatic imine (C=N–C) groups is 1. The maximum atomic E-state index is 6.16. The van der Waals surface area contributed by atoms with Crippen LogP contribution in [0.3, 0.4) is 0 Å². The summed E-state index contributed by atoms with van der Waals surface area (Å²) in [5, 5.41) is 6.94. The van der Waals surface area contributed by atoms with Crippen LogP contribution in [0, 0.1) is 0 Å². The van der Waals surface area contributed by atoms with Gasteiger partial charge in [-0.3, -0.25) is 0 Å². The van der Waals surface area contributed by atoms with Crippen molar-refractivity contribution in [1.82, 2.24) is 10.6 Å². The van der Waals surface area contributed by atoms with E-state index in [4.69, 9.17) is 23.9 Å². The third-order valence-electron chi connectivity index (χ3n) is 5.23. The Kier molecular flexibility index (Phi) is 7.15. The molecule has 0 aliphatic carbocycles. The number of para-hydroxylation sites is 1. The summed E-state index contributed by atoms with van der Waals surface area (Å²) in [4.78, 5) is 4.82. The van der Waals surface area contributed by atoms with E-state index in [2.05, 4.69) is 37.5 Å². The van der Waals surface area contributed by atoms with Gasteiger partial charge in [0.2, 0.25) is 0 Å². The molecule has 168 valence electrons. The van der Waals surface area contributed by atoms with Gasteiger partial charge in [-0.25, -0.2) is 4.99 Å². The first-order chi connectivity index (χ1) is 14.9. The van der Waals surface area contributed by atoms with E-state index in [0.29, 0.717) is 23.8 Å². The number of hydrogen-bond acceptors (Lipinski definition) is 5. The number of ether oxygens (including phenoxy) is 4. The Bertz CT molecular complexity index is 927. The van der Waals surface area contributed by atoms with Crippen LogP contribution in [-0.4, -0.2) is 39.4 Å². The number of nitrogens with zero attached hydrogens (tertiary/aromatic N) is 1. The molecule has 7 heteroatoms. The fourth-order valence-electron chi connectivity index (χ4n) is 3.80. The molecule has 7 nitrogen and oxygen atoms in total. The van der Waals surface area contributed by atoms with Crippen molar-refractivity contribution in [2.75, 3.05) is 27.9 Å². The Morgan fingerprint density at radius 2 is 1.74 bits per heavy atom. The molecule has 0 radical (unpaired) electrons. The van der Waals surface area contributed by atoms with Gasteiger partial charge in [0.15, 0.2) is 17.5 Å². The lowest BCUT2D eigenvalue weighted by Gasteiger charge is -2.38. The van der Waals surface area contributed by atoms with Crippen LogP contribution in [-0.2, 0) is 6.54 Å². The van der Waals surface area contributed by atoms with E-state index in [1.807, 2.05) is 30.3 Å². The second kappa shape index (κ2) is 9.81. The minimum absolute atomic E-state index is 0.0880. The van der Waals surface area contributed by atoms with Gasteiger partial charge < -0.3 is 29.6 Å². The van der Waals surface area contributed by atoms with Crippen molar-refractivity contribution in [3.05, 3.63) is 47.5 Å². The van der Waals surface area contributed by atoms with Gasteiger partial charge in [0.25, 0.3) is 0 Å². The summed E-state index contributed by atoms with van der Waals surface area (Å²) in [5.74, 6) is 3.62. The number of rotatable bonds is 7. The molecule has 31 heavy (non-hydrogen) atoms. The molecule has 1 aliphatic heterocycles. The van der Waals surface area contributed by atoms with Crippen molar-refractivity contribution in [3.63, 3.8) is 0 Å². The van der Waals surface area contributed by atoms with E-state index in [0.717, 1.165) is 35.8 Å². The Balaban J connectivity index is 1.86. The molecule has 0 amide bonds. The highest BCUT2D eigenvalue weighted by molar-refractivity contribution is 5.80. The Hall–Kier alpha value is -3.09. The average molecular weight is 428 g/mol. The van der Waals surface area contributed by atoms with Crippen LogP contribution in [0.25, 0.3) is 0 Å². The molecule has 0 saturated carbocycles. The maximum absolute atomic E-state index is 6.16. The van der Waals surface area contributed by atoms with Crippen LogP contribution in [0.4, 0.5) is 0 Å². The van der Waals surface area contributed by atoms with Crippen molar-refractivity contribution in [2.24, 2.45) is 4.99 Å². The molecule has 1 heterocycles. The van der Waals surface area contributed by atoms with Crippen LogP contribution in [0.15, 0.2) is 41.4 Å². The van der Waals surface area contributed by atoms with Crippen LogP contribution in [0.2, 0.25) is 0 Å².